The van der Waals surface area contributed by atoms with Gasteiger partial charge in [-0.3, -0.25) is 9.55 Å². The van der Waals surface area contributed by atoms with Gasteiger partial charge >= 0.3 is 0 Å². The van der Waals surface area contributed by atoms with Crippen LogP contribution in [-0.2, 0) is 42.7 Å². The SMILES string of the molecule is [2H]c1nc(-c2[c-]c(-c3cccc4c3nc(-c3cc(C(C)(C)C)cc(C(C)(C)C)c3O)n4-c3ccc(-c4ccccc4)cc3C(C)(C)C)cc(C(C)(C)C)c2)c([2H])c(-c2c([2H])c([2H])c([2H])c(C([2H])([2H])[2H])c2[2H])c1[2H].[Pt]. The van der Waals surface area contributed by atoms with Gasteiger partial charge in [-0.25, -0.2) is 4.98 Å². The summed E-state index contributed by atoms with van der Waals surface area (Å²) in [6, 6.07) is 29.9. The Labute approximate surface area is 410 Å². The zero-order chi connectivity index (χ0) is 53.8. The van der Waals surface area contributed by atoms with Gasteiger partial charge in [0, 0.05) is 42.6 Å². The molecular weight excluding hydrogens is 962 g/mol. The van der Waals surface area contributed by atoms with E-state index in [1.54, 1.807) is 6.07 Å². The summed E-state index contributed by atoms with van der Waals surface area (Å²) < 4.78 is 88.6. The number of fused-ring (bicyclic) bond motifs is 1. The molecule has 0 spiro atoms. The maximum atomic E-state index is 12.6. The molecule has 0 amide bonds. The van der Waals surface area contributed by atoms with Gasteiger partial charge in [0.25, 0.3) is 0 Å². The van der Waals surface area contributed by atoms with Gasteiger partial charge in [0.05, 0.1) is 31.9 Å². The van der Waals surface area contributed by atoms with E-state index in [-0.39, 0.29) is 48.9 Å². The monoisotopic (exact) mass is 1030 g/mol. The molecule has 2 aromatic heterocycles. The van der Waals surface area contributed by atoms with Crippen LogP contribution in [0.1, 0.15) is 125 Å². The molecule has 0 unspecified atom stereocenters. The van der Waals surface area contributed by atoms with Crippen molar-refractivity contribution in [2.75, 3.05) is 0 Å². The molecular formula is C59H62N3OPt-. The molecule has 1 N–H and O–H groups in total. The molecule has 0 atom stereocenters. The molecule has 0 fully saturated rings. The summed E-state index contributed by atoms with van der Waals surface area (Å²) in [5, 5.41) is 12.6. The van der Waals surface area contributed by atoms with Gasteiger partial charge in [-0.05, 0) is 92.2 Å². The van der Waals surface area contributed by atoms with Crippen LogP contribution in [0.25, 0.3) is 72.7 Å². The maximum Gasteiger partial charge on any atom is 0.148 e. The van der Waals surface area contributed by atoms with Gasteiger partial charge in [-0.15, -0.1) is 29.3 Å². The van der Waals surface area contributed by atoms with Gasteiger partial charge in [0.1, 0.15) is 11.6 Å². The van der Waals surface area contributed by atoms with Crippen molar-refractivity contribution in [1.29, 1.82) is 0 Å². The van der Waals surface area contributed by atoms with Crippen LogP contribution in [0.15, 0.2) is 133 Å². The molecule has 8 aromatic rings. The van der Waals surface area contributed by atoms with Gasteiger partial charge in [-0.2, -0.15) is 0 Å². The van der Waals surface area contributed by atoms with Crippen LogP contribution in [0.4, 0.5) is 0 Å². The minimum atomic E-state index is -3.02. The van der Waals surface area contributed by atoms with E-state index in [4.69, 9.17) is 17.3 Å². The molecule has 4 nitrogen and oxygen atoms in total. The topological polar surface area (TPSA) is 50.9 Å². The van der Waals surface area contributed by atoms with Crippen LogP contribution >= 0.6 is 0 Å². The third kappa shape index (κ3) is 9.18. The number of phenolic OH excluding ortho intramolecular Hbond substituents is 1. The van der Waals surface area contributed by atoms with Crippen LogP contribution in [0.3, 0.4) is 0 Å². The third-order valence-electron chi connectivity index (χ3n) is 11.6. The van der Waals surface area contributed by atoms with E-state index in [1.807, 2.05) is 69.3 Å². The van der Waals surface area contributed by atoms with Gasteiger partial charge in [0.2, 0.25) is 0 Å². The molecule has 2 heterocycles. The summed E-state index contributed by atoms with van der Waals surface area (Å²) in [5.74, 6) is 0.648. The number of pyridine rings is 1. The first-order chi connectivity index (χ1) is 33.7. The molecule has 0 saturated carbocycles. The number of benzene rings is 6. The van der Waals surface area contributed by atoms with E-state index >= 15 is 0 Å². The Bertz CT molecular complexity index is 3520. The number of rotatable bonds is 6. The first-order valence-electron chi connectivity index (χ1n) is 26.5. The van der Waals surface area contributed by atoms with Crippen LogP contribution in [0.2, 0.25) is 0 Å². The van der Waals surface area contributed by atoms with Crippen LogP contribution in [0.5, 0.6) is 5.75 Å². The largest absolute Gasteiger partial charge is 0.507 e. The number of imidazole rings is 1. The number of hydrogen-bond donors (Lipinski definition) is 1. The van der Waals surface area contributed by atoms with E-state index in [9.17, 15) is 6.48 Å². The minimum Gasteiger partial charge on any atom is -0.507 e. The molecule has 6 aromatic carbocycles. The second-order valence-corrected chi connectivity index (χ2v) is 20.6. The molecule has 5 heteroatoms. The Morgan fingerprint density at radius 3 is 1.95 bits per heavy atom. The Morgan fingerprint density at radius 2 is 1.28 bits per heavy atom. The summed E-state index contributed by atoms with van der Waals surface area (Å²) in [6.07, 6.45) is -0.599. The summed E-state index contributed by atoms with van der Waals surface area (Å²) >= 11 is 0. The molecule has 8 rings (SSSR count). The Morgan fingerprint density at radius 1 is 0.609 bits per heavy atom. The van der Waals surface area contributed by atoms with Gasteiger partial charge in [-0.1, -0.05) is 185 Å². The van der Waals surface area contributed by atoms with Crippen LogP contribution < -0.4 is 0 Å². The van der Waals surface area contributed by atoms with Crippen molar-refractivity contribution in [2.24, 2.45) is 0 Å². The molecule has 0 bridgehead atoms. The maximum absolute atomic E-state index is 12.6. The normalized spacial score (nSPS) is 14.8. The smallest absolute Gasteiger partial charge is 0.148 e. The average molecular weight is 1030 g/mol. The second-order valence-electron chi connectivity index (χ2n) is 20.6. The number of hydrogen-bond acceptors (Lipinski definition) is 3. The van der Waals surface area contributed by atoms with Crippen LogP contribution in [0, 0.1) is 12.9 Å². The van der Waals surface area contributed by atoms with E-state index in [1.165, 1.54) is 0 Å². The molecule has 0 aliphatic rings. The number of aromatic nitrogens is 3. The predicted molar refractivity (Wildman–Crippen MR) is 266 cm³/mol. The predicted octanol–water partition coefficient (Wildman–Crippen LogP) is 15.8. The summed E-state index contributed by atoms with van der Waals surface area (Å²) in [7, 11) is 0. The van der Waals surface area contributed by atoms with Crippen molar-refractivity contribution in [3.8, 4) is 67.5 Å². The standard InChI is InChI=1S/C59H62N3O.Pt/c1-37-19-17-22-39(29-37)41-27-28-60-50(34-41)43-30-42(31-44(32-43)56(2,3)4)46-23-18-24-52-53(46)61-55(47-35-45(57(5,6)7)36-49(54(47)63)59(11,12)13)62(52)51-26-25-40(33-48(51)58(8,9)10)38-20-15-14-16-21-38;/h14-29,31-36,63H,1-13H3;/q-1;/i1D3,17D,19D,22D,27D,28D,29D,34D;. The first kappa shape index (κ1) is 34.8. The Kier molecular flexibility index (Phi) is 9.29. The molecule has 0 saturated heterocycles. The number of para-hydroxylation sites is 1. The first-order valence-corrected chi connectivity index (χ1v) is 21.5. The van der Waals surface area contributed by atoms with Crippen molar-refractivity contribution >= 4 is 11.0 Å². The number of aromatic hydroxyl groups is 1. The zero-order valence-electron chi connectivity index (χ0n) is 48.8. The summed E-state index contributed by atoms with van der Waals surface area (Å²) in [6.45, 7) is 22.3. The van der Waals surface area contributed by atoms with Crippen molar-refractivity contribution in [3.05, 3.63) is 167 Å². The molecule has 0 aliphatic heterocycles. The fourth-order valence-corrected chi connectivity index (χ4v) is 8.01. The molecule has 0 aliphatic carbocycles. The van der Waals surface area contributed by atoms with Gasteiger partial charge < -0.3 is 5.11 Å². The van der Waals surface area contributed by atoms with Gasteiger partial charge in [0.15, 0.2) is 0 Å². The fraction of sp³-hybridized carbons (Fsp3) is 0.288. The zero-order valence-corrected chi connectivity index (χ0v) is 41.0. The number of phenols is 1. The van der Waals surface area contributed by atoms with E-state index in [2.05, 4.69) is 114 Å². The average Bonchev–Trinajstić information content (AvgIpc) is 3.68. The molecule has 330 valence electrons. The van der Waals surface area contributed by atoms with Crippen molar-refractivity contribution in [1.82, 2.24) is 14.5 Å². The fourth-order valence-electron chi connectivity index (χ4n) is 8.01. The quantitative estimate of drug-likeness (QED) is 0.169. The van der Waals surface area contributed by atoms with E-state index in [0.717, 1.165) is 44.6 Å². The third-order valence-corrected chi connectivity index (χ3v) is 11.6. The van der Waals surface area contributed by atoms with E-state index in [0.29, 0.717) is 28.0 Å². The molecule has 64 heavy (non-hydrogen) atoms. The number of nitrogens with zero attached hydrogens (tertiary/aromatic N) is 3. The summed E-state index contributed by atoms with van der Waals surface area (Å²) in [4.78, 5) is 10.00. The van der Waals surface area contributed by atoms with Crippen molar-refractivity contribution < 1.29 is 39.9 Å². The summed E-state index contributed by atoms with van der Waals surface area (Å²) in [5.41, 5.74) is 6.63. The van der Waals surface area contributed by atoms with Crippen molar-refractivity contribution in [2.45, 2.75) is 112 Å². The van der Waals surface area contributed by atoms with Crippen molar-refractivity contribution in [3.63, 3.8) is 0 Å². The van der Waals surface area contributed by atoms with Crippen LogP contribution in [-0.4, -0.2) is 19.6 Å². The molecule has 0 radical (unpaired) electrons. The second kappa shape index (κ2) is 17.1. The van der Waals surface area contributed by atoms with E-state index < -0.39 is 76.8 Å². The minimum absolute atomic E-state index is 0. The Balaban J connectivity index is 0.00000800. The Hall–Kier alpha value is -5.57.